The second-order valence-electron chi connectivity index (χ2n) is 6.44. The summed E-state index contributed by atoms with van der Waals surface area (Å²) in [6.45, 7) is 8.16. The third kappa shape index (κ3) is 5.06. The number of anilines is 1. The van der Waals surface area contributed by atoms with E-state index in [1.54, 1.807) is 41.8 Å². The Morgan fingerprint density at radius 3 is 2.37 bits per heavy atom. The van der Waals surface area contributed by atoms with Crippen LogP contribution in [0.15, 0.2) is 35.1 Å². The number of aromatic nitrogens is 1. The standard InChI is InChI=1S/C21H26N2O4/c1-5-7-12-23-15(4)14(3)13-18(21(23)26)20(25)22-16-8-10-17(11-9-16)27-19(24)6-2/h8-11,13H,5-7,12H2,1-4H3,(H,22,25). The highest BCUT2D eigenvalue weighted by atomic mass is 16.5. The lowest BCUT2D eigenvalue weighted by Gasteiger charge is -2.14. The van der Waals surface area contributed by atoms with Crippen LogP contribution in [0.5, 0.6) is 5.75 Å². The number of esters is 1. The Kier molecular flexibility index (Phi) is 6.93. The minimum absolute atomic E-state index is 0.121. The van der Waals surface area contributed by atoms with Crippen molar-refractivity contribution in [2.45, 2.75) is 53.5 Å². The maximum absolute atomic E-state index is 12.7. The fraction of sp³-hybridized carbons (Fsp3) is 0.381. The number of benzene rings is 1. The number of amides is 1. The van der Waals surface area contributed by atoms with Gasteiger partial charge in [-0.15, -0.1) is 0 Å². The van der Waals surface area contributed by atoms with Gasteiger partial charge < -0.3 is 14.6 Å². The molecule has 2 aromatic rings. The number of pyridine rings is 1. The van der Waals surface area contributed by atoms with Gasteiger partial charge in [-0.25, -0.2) is 0 Å². The lowest BCUT2D eigenvalue weighted by molar-refractivity contribution is -0.134. The molecule has 6 nitrogen and oxygen atoms in total. The van der Waals surface area contributed by atoms with Crippen molar-refractivity contribution in [2.75, 3.05) is 5.32 Å². The quantitative estimate of drug-likeness (QED) is 0.593. The van der Waals surface area contributed by atoms with Crippen LogP contribution in [0.1, 0.15) is 54.7 Å². The molecular formula is C21H26N2O4. The van der Waals surface area contributed by atoms with Gasteiger partial charge in [-0.3, -0.25) is 14.4 Å². The van der Waals surface area contributed by atoms with Gasteiger partial charge in [0.2, 0.25) is 0 Å². The summed E-state index contributed by atoms with van der Waals surface area (Å²) in [4.78, 5) is 36.7. The molecule has 27 heavy (non-hydrogen) atoms. The van der Waals surface area contributed by atoms with Crippen LogP contribution in [0.3, 0.4) is 0 Å². The van der Waals surface area contributed by atoms with Crippen LogP contribution in [0.2, 0.25) is 0 Å². The monoisotopic (exact) mass is 370 g/mol. The molecule has 0 fully saturated rings. The highest BCUT2D eigenvalue weighted by Gasteiger charge is 2.16. The lowest BCUT2D eigenvalue weighted by Crippen LogP contribution is -2.31. The Morgan fingerprint density at radius 2 is 1.78 bits per heavy atom. The molecule has 0 radical (unpaired) electrons. The Hall–Kier alpha value is -2.89. The fourth-order valence-electron chi connectivity index (χ4n) is 2.65. The Labute approximate surface area is 159 Å². The first kappa shape index (κ1) is 20.4. The number of unbranched alkanes of at least 4 members (excludes halogenated alkanes) is 1. The minimum Gasteiger partial charge on any atom is -0.427 e. The smallest absolute Gasteiger partial charge is 0.310 e. The van der Waals surface area contributed by atoms with Crippen molar-refractivity contribution in [2.24, 2.45) is 0 Å². The van der Waals surface area contributed by atoms with Gasteiger partial charge in [-0.1, -0.05) is 20.3 Å². The zero-order valence-electron chi connectivity index (χ0n) is 16.3. The van der Waals surface area contributed by atoms with Gasteiger partial charge in [0.15, 0.2) is 0 Å². The maximum atomic E-state index is 12.7. The molecule has 2 rings (SSSR count). The molecule has 144 valence electrons. The molecule has 0 saturated heterocycles. The molecule has 0 saturated carbocycles. The van der Waals surface area contributed by atoms with Gasteiger partial charge in [0.1, 0.15) is 11.3 Å². The summed E-state index contributed by atoms with van der Waals surface area (Å²) in [6, 6.07) is 8.10. The van der Waals surface area contributed by atoms with E-state index in [9.17, 15) is 14.4 Å². The molecule has 1 aromatic carbocycles. The zero-order chi connectivity index (χ0) is 20.0. The molecule has 1 N–H and O–H groups in total. The molecule has 6 heteroatoms. The van der Waals surface area contributed by atoms with Crippen molar-refractivity contribution < 1.29 is 14.3 Å². The van der Waals surface area contributed by atoms with Crippen molar-refractivity contribution in [1.29, 1.82) is 0 Å². The van der Waals surface area contributed by atoms with E-state index in [0.717, 1.165) is 24.1 Å². The number of hydrogen-bond acceptors (Lipinski definition) is 4. The van der Waals surface area contributed by atoms with Crippen LogP contribution >= 0.6 is 0 Å². The maximum Gasteiger partial charge on any atom is 0.310 e. The number of nitrogens with zero attached hydrogens (tertiary/aromatic N) is 1. The third-order valence-corrected chi connectivity index (χ3v) is 4.42. The fourth-order valence-corrected chi connectivity index (χ4v) is 2.65. The van der Waals surface area contributed by atoms with Gasteiger partial charge >= 0.3 is 5.97 Å². The van der Waals surface area contributed by atoms with Gasteiger partial charge in [-0.05, 0) is 56.2 Å². The second kappa shape index (κ2) is 9.16. The number of aryl methyl sites for hydroxylation is 1. The predicted molar refractivity (Wildman–Crippen MR) is 105 cm³/mol. The summed E-state index contributed by atoms with van der Waals surface area (Å²) in [6.07, 6.45) is 2.13. The summed E-state index contributed by atoms with van der Waals surface area (Å²) in [5.41, 5.74) is 2.15. The Balaban J connectivity index is 2.22. The summed E-state index contributed by atoms with van der Waals surface area (Å²) in [5, 5.41) is 2.73. The first-order valence-electron chi connectivity index (χ1n) is 9.20. The van der Waals surface area contributed by atoms with Crippen LogP contribution in [-0.4, -0.2) is 16.4 Å². The van der Waals surface area contributed by atoms with Crippen LogP contribution in [0, 0.1) is 13.8 Å². The lowest BCUT2D eigenvalue weighted by atomic mass is 10.1. The van der Waals surface area contributed by atoms with E-state index in [-0.39, 0.29) is 23.5 Å². The molecular weight excluding hydrogens is 344 g/mol. The summed E-state index contributed by atoms with van der Waals surface area (Å²) < 4.78 is 6.77. The number of ether oxygens (including phenoxy) is 1. The first-order valence-corrected chi connectivity index (χ1v) is 9.20. The predicted octanol–water partition coefficient (Wildman–Crippen LogP) is 3.83. The largest absolute Gasteiger partial charge is 0.427 e. The Bertz CT molecular complexity index is 882. The molecule has 0 aliphatic carbocycles. The average molecular weight is 370 g/mol. The van der Waals surface area contributed by atoms with Gasteiger partial charge in [0.25, 0.3) is 11.5 Å². The molecule has 0 spiro atoms. The molecule has 0 unspecified atom stereocenters. The van der Waals surface area contributed by atoms with E-state index in [1.165, 1.54) is 0 Å². The molecule has 1 amide bonds. The van der Waals surface area contributed by atoms with E-state index in [4.69, 9.17) is 4.74 Å². The zero-order valence-corrected chi connectivity index (χ0v) is 16.3. The van der Waals surface area contributed by atoms with Gasteiger partial charge in [0.05, 0.1) is 0 Å². The number of carbonyl (C=O) groups excluding carboxylic acids is 2. The Morgan fingerprint density at radius 1 is 1.11 bits per heavy atom. The van der Waals surface area contributed by atoms with E-state index in [0.29, 0.717) is 18.0 Å². The number of nitrogens with one attached hydrogen (secondary N) is 1. The van der Waals surface area contributed by atoms with Gasteiger partial charge in [0, 0.05) is 24.3 Å². The number of hydrogen-bond donors (Lipinski definition) is 1. The minimum atomic E-state index is -0.452. The SMILES string of the molecule is CCCCn1c(C)c(C)cc(C(=O)Nc2ccc(OC(=O)CC)cc2)c1=O. The van der Waals surface area contributed by atoms with E-state index >= 15 is 0 Å². The first-order chi connectivity index (χ1) is 12.9. The molecule has 1 heterocycles. The van der Waals surface area contributed by atoms with Crippen molar-refractivity contribution in [3.05, 3.63) is 57.5 Å². The molecule has 0 bridgehead atoms. The topological polar surface area (TPSA) is 77.4 Å². The van der Waals surface area contributed by atoms with E-state index < -0.39 is 5.91 Å². The number of rotatable bonds is 7. The normalized spacial score (nSPS) is 10.5. The summed E-state index contributed by atoms with van der Waals surface area (Å²) in [5.74, 6) is -0.367. The number of carbonyl (C=O) groups is 2. The van der Waals surface area contributed by atoms with E-state index in [2.05, 4.69) is 12.2 Å². The average Bonchev–Trinajstić information content (AvgIpc) is 2.66. The highest BCUT2D eigenvalue weighted by Crippen LogP contribution is 2.17. The van der Waals surface area contributed by atoms with Crippen LogP contribution < -0.4 is 15.6 Å². The highest BCUT2D eigenvalue weighted by molar-refractivity contribution is 6.04. The third-order valence-electron chi connectivity index (χ3n) is 4.42. The van der Waals surface area contributed by atoms with Crippen LogP contribution in [0.25, 0.3) is 0 Å². The summed E-state index contributed by atoms with van der Waals surface area (Å²) in [7, 11) is 0. The van der Waals surface area contributed by atoms with Crippen LogP contribution in [0.4, 0.5) is 5.69 Å². The van der Waals surface area contributed by atoms with E-state index in [1.807, 2.05) is 13.8 Å². The van der Waals surface area contributed by atoms with Crippen LogP contribution in [-0.2, 0) is 11.3 Å². The van der Waals surface area contributed by atoms with Gasteiger partial charge in [-0.2, -0.15) is 0 Å². The molecule has 0 atom stereocenters. The molecule has 1 aromatic heterocycles. The van der Waals surface area contributed by atoms with Crippen molar-refractivity contribution in [3.63, 3.8) is 0 Å². The van der Waals surface area contributed by atoms with Crippen molar-refractivity contribution in [1.82, 2.24) is 4.57 Å². The summed E-state index contributed by atoms with van der Waals surface area (Å²) >= 11 is 0. The van der Waals surface area contributed by atoms with Crippen molar-refractivity contribution in [3.8, 4) is 5.75 Å². The molecule has 0 aliphatic rings. The second-order valence-corrected chi connectivity index (χ2v) is 6.44. The molecule has 0 aliphatic heterocycles. The van der Waals surface area contributed by atoms with Crippen molar-refractivity contribution >= 4 is 17.6 Å².